The molecule has 0 atom stereocenters. The van der Waals surface area contributed by atoms with E-state index in [1.165, 1.54) is 7.11 Å². The van der Waals surface area contributed by atoms with E-state index < -0.39 is 6.09 Å². The number of benzene rings is 2. The molecule has 0 radical (unpaired) electrons. The molecule has 0 bridgehead atoms. The Balaban J connectivity index is 1.76. The summed E-state index contributed by atoms with van der Waals surface area (Å²) in [5.41, 5.74) is 3.07. The zero-order chi connectivity index (χ0) is 21.3. The zero-order valence-electron chi connectivity index (χ0n) is 16.4. The molecule has 1 aliphatic rings. The van der Waals surface area contributed by atoms with Crippen molar-refractivity contribution in [1.82, 2.24) is 0 Å². The van der Waals surface area contributed by atoms with Gasteiger partial charge in [-0.3, -0.25) is 5.32 Å². The third-order valence-corrected chi connectivity index (χ3v) is 4.47. The molecule has 2 aromatic carbocycles. The van der Waals surface area contributed by atoms with E-state index >= 15 is 0 Å². The summed E-state index contributed by atoms with van der Waals surface area (Å²) in [5, 5.41) is 21.2. The predicted octanol–water partition coefficient (Wildman–Crippen LogP) is 3.58. The molecule has 1 aliphatic heterocycles. The van der Waals surface area contributed by atoms with E-state index in [0.29, 0.717) is 28.4 Å². The van der Waals surface area contributed by atoms with Crippen LogP contribution in [0.3, 0.4) is 0 Å². The quantitative estimate of drug-likeness (QED) is 0.703. The van der Waals surface area contributed by atoms with Crippen LogP contribution >= 0.6 is 0 Å². The van der Waals surface area contributed by atoms with Crippen LogP contribution in [0, 0.1) is 22.7 Å². The van der Waals surface area contributed by atoms with Crippen LogP contribution in [0.4, 0.5) is 16.2 Å². The molecule has 0 spiro atoms. The number of nitrogens with zero attached hydrogens (tertiary/aromatic N) is 3. The Morgan fingerprint density at radius 1 is 1.20 bits per heavy atom. The lowest BCUT2D eigenvalue weighted by Crippen LogP contribution is -2.25. The fourth-order valence-electron chi connectivity index (χ4n) is 2.99. The molecule has 8 heteroatoms. The summed E-state index contributed by atoms with van der Waals surface area (Å²) in [4.78, 5) is 13.9. The van der Waals surface area contributed by atoms with Gasteiger partial charge in [-0.1, -0.05) is 30.3 Å². The van der Waals surface area contributed by atoms with Gasteiger partial charge in [0.05, 0.1) is 49.4 Å². The standard InChI is InChI=1S/C22H20N4O4/c1-28-21-11-18(26(10-9-23)20-15-29-14-17(20)12-24)7-8-19(21)25-22(27)30-13-16-5-3-2-4-6-16/h2-8,11H,10,13-15H2,1H3,(H,25,27). The summed E-state index contributed by atoms with van der Waals surface area (Å²) < 4.78 is 16.0. The molecule has 0 saturated heterocycles. The van der Waals surface area contributed by atoms with Gasteiger partial charge in [-0.25, -0.2) is 4.79 Å². The number of carbonyl (C=O) groups excluding carboxylic acids is 1. The minimum absolute atomic E-state index is 0.0406. The van der Waals surface area contributed by atoms with Gasteiger partial charge in [0.2, 0.25) is 0 Å². The molecule has 0 aliphatic carbocycles. The first kappa shape index (κ1) is 20.7. The van der Waals surface area contributed by atoms with Crippen molar-refractivity contribution in [2.45, 2.75) is 6.61 Å². The lowest BCUT2D eigenvalue weighted by Gasteiger charge is -2.24. The topological polar surface area (TPSA) is 108 Å². The average Bonchev–Trinajstić information content (AvgIpc) is 3.25. The Kier molecular flexibility index (Phi) is 6.88. The Hall–Kier alpha value is -4.01. The van der Waals surface area contributed by atoms with Crippen molar-refractivity contribution in [2.24, 2.45) is 0 Å². The van der Waals surface area contributed by atoms with Gasteiger partial charge in [-0.2, -0.15) is 10.5 Å². The Bertz CT molecular complexity index is 1020. The molecular formula is C22H20N4O4. The SMILES string of the molecule is COc1cc(N(CC#N)C2=C(C#N)COC2)ccc1NC(=O)OCc1ccccc1. The number of anilines is 2. The summed E-state index contributed by atoms with van der Waals surface area (Å²) in [7, 11) is 1.48. The molecular weight excluding hydrogens is 384 g/mol. The van der Waals surface area contributed by atoms with Crippen LogP contribution in [0.25, 0.3) is 0 Å². The van der Waals surface area contributed by atoms with Crippen LogP contribution in [0.5, 0.6) is 5.75 Å². The molecule has 3 rings (SSSR count). The normalized spacial score (nSPS) is 12.6. The molecule has 0 fully saturated rings. The van der Waals surface area contributed by atoms with Crippen molar-refractivity contribution in [3.63, 3.8) is 0 Å². The van der Waals surface area contributed by atoms with Crippen molar-refractivity contribution in [2.75, 3.05) is 37.1 Å². The highest BCUT2D eigenvalue weighted by Gasteiger charge is 2.23. The molecule has 8 nitrogen and oxygen atoms in total. The summed E-state index contributed by atoms with van der Waals surface area (Å²) in [5.74, 6) is 0.394. The highest BCUT2D eigenvalue weighted by molar-refractivity contribution is 5.87. The molecule has 2 aromatic rings. The first-order valence-corrected chi connectivity index (χ1v) is 9.16. The first-order chi connectivity index (χ1) is 14.7. The van der Waals surface area contributed by atoms with E-state index in [9.17, 15) is 15.3 Å². The summed E-state index contributed by atoms with van der Waals surface area (Å²) in [6.07, 6.45) is -0.613. The van der Waals surface area contributed by atoms with Gasteiger partial charge >= 0.3 is 6.09 Å². The summed E-state index contributed by atoms with van der Waals surface area (Å²) in [6.45, 7) is 0.656. The van der Waals surface area contributed by atoms with Crippen molar-refractivity contribution in [3.05, 3.63) is 65.4 Å². The Morgan fingerprint density at radius 2 is 2.00 bits per heavy atom. The first-order valence-electron chi connectivity index (χ1n) is 9.16. The predicted molar refractivity (Wildman–Crippen MR) is 110 cm³/mol. The fourth-order valence-corrected chi connectivity index (χ4v) is 2.99. The number of methoxy groups -OCH3 is 1. The van der Waals surface area contributed by atoms with Gasteiger partial charge in [0.1, 0.15) is 18.9 Å². The lowest BCUT2D eigenvalue weighted by atomic mass is 10.2. The average molecular weight is 404 g/mol. The van der Waals surface area contributed by atoms with Crippen LogP contribution < -0.4 is 15.0 Å². The number of ether oxygens (including phenoxy) is 3. The van der Waals surface area contributed by atoms with E-state index in [1.54, 1.807) is 23.1 Å². The third kappa shape index (κ3) is 4.88. The lowest BCUT2D eigenvalue weighted by molar-refractivity contribution is 0.155. The van der Waals surface area contributed by atoms with Crippen molar-refractivity contribution in [3.8, 4) is 17.9 Å². The number of nitriles is 2. The van der Waals surface area contributed by atoms with E-state index in [0.717, 1.165) is 5.56 Å². The van der Waals surface area contributed by atoms with Crippen molar-refractivity contribution < 1.29 is 19.0 Å². The minimum Gasteiger partial charge on any atom is -0.494 e. The highest BCUT2D eigenvalue weighted by Crippen LogP contribution is 2.33. The third-order valence-electron chi connectivity index (χ3n) is 4.47. The van der Waals surface area contributed by atoms with Crippen LogP contribution in [-0.4, -0.2) is 33.0 Å². The molecule has 1 amide bonds. The number of amides is 1. The summed E-state index contributed by atoms with van der Waals surface area (Å²) in [6, 6.07) is 18.6. The van der Waals surface area contributed by atoms with Crippen molar-refractivity contribution >= 4 is 17.5 Å². The monoisotopic (exact) mass is 404 g/mol. The fraction of sp³-hybridized carbons (Fsp3) is 0.227. The van der Waals surface area contributed by atoms with Gasteiger partial charge in [0.25, 0.3) is 0 Å². The van der Waals surface area contributed by atoms with E-state index in [-0.39, 0.29) is 26.4 Å². The second-order valence-electron chi connectivity index (χ2n) is 6.35. The van der Waals surface area contributed by atoms with E-state index in [2.05, 4.69) is 17.5 Å². The molecule has 1 heterocycles. The maximum Gasteiger partial charge on any atom is 0.412 e. The Morgan fingerprint density at radius 3 is 2.70 bits per heavy atom. The number of hydrogen-bond acceptors (Lipinski definition) is 7. The molecule has 0 aromatic heterocycles. The van der Waals surface area contributed by atoms with Crippen LogP contribution in [0.1, 0.15) is 5.56 Å². The van der Waals surface area contributed by atoms with Crippen molar-refractivity contribution in [1.29, 1.82) is 10.5 Å². The number of carbonyl (C=O) groups is 1. The molecule has 1 N–H and O–H groups in total. The highest BCUT2D eigenvalue weighted by atomic mass is 16.5. The smallest absolute Gasteiger partial charge is 0.412 e. The number of rotatable bonds is 7. The molecule has 0 saturated carbocycles. The van der Waals surface area contributed by atoms with Crippen LogP contribution in [0.2, 0.25) is 0 Å². The zero-order valence-corrected chi connectivity index (χ0v) is 16.4. The van der Waals surface area contributed by atoms with Gasteiger partial charge in [0.15, 0.2) is 0 Å². The van der Waals surface area contributed by atoms with Gasteiger partial charge < -0.3 is 19.1 Å². The number of hydrogen-bond donors (Lipinski definition) is 1. The second kappa shape index (κ2) is 9.97. The molecule has 152 valence electrons. The van der Waals surface area contributed by atoms with E-state index in [4.69, 9.17) is 14.2 Å². The van der Waals surface area contributed by atoms with Crippen LogP contribution in [0.15, 0.2) is 59.8 Å². The van der Waals surface area contributed by atoms with E-state index in [1.807, 2.05) is 30.3 Å². The summed E-state index contributed by atoms with van der Waals surface area (Å²) >= 11 is 0. The maximum absolute atomic E-state index is 12.2. The second-order valence-corrected chi connectivity index (χ2v) is 6.35. The largest absolute Gasteiger partial charge is 0.494 e. The molecule has 0 unspecified atom stereocenters. The minimum atomic E-state index is -0.613. The Labute approximate surface area is 174 Å². The van der Waals surface area contributed by atoms with Gasteiger partial charge in [0, 0.05) is 11.8 Å². The van der Waals surface area contributed by atoms with Gasteiger partial charge in [-0.05, 0) is 17.7 Å². The van der Waals surface area contributed by atoms with Crippen LogP contribution in [-0.2, 0) is 16.1 Å². The molecule has 30 heavy (non-hydrogen) atoms. The van der Waals surface area contributed by atoms with Gasteiger partial charge in [-0.15, -0.1) is 0 Å². The number of nitrogens with one attached hydrogen (secondary N) is 1. The maximum atomic E-state index is 12.2.